The minimum Gasteiger partial charge on any atom is -0.368 e. The first kappa shape index (κ1) is 6.16. The van der Waals surface area contributed by atoms with E-state index in [9.17, 15) is 0 Å². The van der Waals surface area contributed by atoms with Crippen molar-refractivity contribution in [2.75, 3.05) is 0 Å². The molecule has 1 rings (SSSR count). The number of hydrogen-bond donors (Lipinski definition) is 1. The normalized spacial score (nSPS) is 6.67. The van der Waals surface area contributed by atoms with Crippen LogP contribution in [0.4, 0.5) is 0 Å². The predicted molar refractivity (Wildman–Crippen MR) is 30.7 cm³/mol. The van der Waals surface area contributed by atoms with Crippen LogP contribution >= 0.6 is 0 Å². The number of aromatic amines is 1. The van der Waals surface area contributed by atoms with E-state index in [0.717, 1.165) is 0 Å². The molecule has 0 aliphatic rings. The van der Waals surface area contributed by atoms with Crippen molar-refractivity contribution in [3.63, 3.8) is 0 Å². The van der Waals surface area contributed by atoms with Gasteiger partial charge in [0.05, 0.1) is 0 Å². The molecule has 0 aromatic carbocycles. The standard InChI is InChI=1S/C4H5N.Bi.3H/c1-2-4-5-3-1;;;;/h1-5H;;;;. The van der Waals surface area contributed by atoms with Crippen molar-refractivity contribution >= 4 is 26.2 Å². The number of hydrogen-bond acceptors (Lipinski definition) is 0. The topological polar surface area (TPSA) is 15.8 Å². The van der Waals surface area contributed by atoms with Crippen LogP contribution < -0.4 is 0 Å². The van der Waals surface area contributed by atoms with Crippen molar-refractivity contribution < 1.29 is 0 Å². The second kappa shape index (κ2) is 3.36. The average Bonchev–Trinajstić information content (AvgIpc) is 1.76. The first-order chi connectivity index (χ1) is 2.50. The van der Waals surface area contributed by atoms with Crippen LogP contribution in [0.3, 0.4) is 0 Å². The second-order valence-corrected chi connectivity index (χ2v) is 0.885. The molecular weight excluding hydrogens is 271 g/mol. The zero-order valence-electron chi connectivity index (χ0n) is 3.52. The Balaban J connectivity index is 0.000000250. The first-order valence-electron chi connectivity index (χ1n) is 1.58. The van der Waals surface area contributed by atoms with E-state index in [-0.39, 0.29) is 26.2 Å². The molecule has 0 bridgehead atoms. The summed E-state index contributed by atoms with van der Waals surface area (Å²) < 4.78 is 0. The molecule has 34 valence electrons. The van der Waals surface area contributed by atoms with Crippen molar-refractivity contribution in [3.05, 3.63) is 24.5 Å². The predicted octanol–water partition coefficient (Wildman–Crippen LogP) is -0.169. The largest absolute Gasteiger partial charge is 0.368 e. The van der Waals surface area contributed by atoms with Gasteiger partial charge in [-0.1, -0.05) is 0 Å². The Bertz CT molecular complexity index is 64.0. The smallest absolute Gasteiger partial charge is 0.000496 e. The Morgan fingerprint density at radius 2 is 1.50 bits per heavy atom. The Kier molecular flexibility index (Phi) is 3.45. The number of nitrogens with one attached hydrogen (secondary N) is 1. The summed E-state index contributed by atoms with van der Waals surface area (Å²) in [5, 5.41) is 0. The molecule has 0 aliphatic heterocycles. The molecule has 2 heteroatoms. The molecule has 1 heterocycles. The van der Waals surface area contributed by atoms with Gasteiger partial charge in [0, 0.05) is 12.4 Å². The molecule has 0 unspecified atom stereocenters. The van der Waals surface area contributed by atoms with E-state index in [2.05, 4.69) is 4.98 Å². The second-order valence-electron chi connectivity index (χ2n) is 0.885. The zero-order valence-corrected chi connectivity index (χ0v) is 9.01. The van der Waals surface area contributed by atoms with E-state index >= 15 is 0 Å². The van der Waals surface area contributed by atoms with Crippen LogP contribution in [0.5, 0.6) is 0 Å². The van der Waals surface area contributed by atoms with Crippen LogP contribution in [0.15, 0.2) is 24.5 Å². The van der Waals surface area contributed by atoms with Gasteiger partial charge < -0.3 is 4.98 Å². The van der Waals surface area contributed by atoms with Crippen LogP contribution in [0.1, 0.15) is 0 Å². The minimum absolute atomic E-state index is 0. The van der Waals surface area contributed by atoms with Crippen LogP contribution in [0.25, 0.3) is 0 Å². The summed E-state index contributed by atoms with van der Waals surface area (Å²) in [7, 11) is 0. The van der Waals surface area contributed by atoms with Crippen molar-refractivity contribution in [1.29, 1.82) is 0 Å². The fourth-order valence-electron chi connectivity index (χ4n) is 0.278. The number of rotatable bonds is 0. The van der Waals surface area contributed by atoms with Crippen molar-refractivity contribution in [2.24, 2.45) is 0 Å². The SMILES string of the molecule is [BiH3].c1cc[nH]c1. The maximum atomic E-state index is 2.86. The average molecular weight is 279 g/mol. The van der Waals surface area contributed by atoms with Crippen molar-refractivity contribution in [3.8, 4) is 0 Å². The number of H-pyrrole nitrogens is 1. The molecule has 0 fully saturated rings. The van der Waals surface area contributed by atoms with Gasteiger partial charge in [0.15, 0.2) is 0 Å². The van der Waals surface area contributed by atoms with Crippen molar-refractivity contribution in [2.45, 2.75) is 0 Å². The molecule has 1 aromatic heterocycles. The summed E-state index contributed by atoms with van der Waals surface area (Å²) >= 11 is 0. The van der Waals surface area contributed by atoms with Gasteiger partial charge in [-0.3, -0.25) is 0 Å². The summed E-state index contributed by atoms with van der Waals surface area (Å²) in [6.07, 6.45) is 3.75. The van der Waals surface area contributed by atoms with E-state index in [1.54, 1.807) is 0 Å². The van der Waals surface area contributed by atoms with Gasteiger partial charge in [-0.25, -0.2) is 0 Å². The van der Waals surface area contributed by atoms with Gasteiger partial charge in [-0.2, -0.15) is 0 Å². The summed E-state index contributed by atoms with van der Waals surface area (Å²) in [4.78, 5) is 2.86. The molecule has 0 radical (unpaired) electrons. The maximum absolute atomic E-state index is 2.86. The van der Waals surface area contributed by atoms with E-state index < -0.39 is 0 Å². The zero-order chi connectivity index (χ0) is 3.54. The fourth-order valence-corrected chi connectivity index (χ4v) is 0.278. The van der Waals surface area contributed by atoms with Gasteiger partial charge in [-0.15, -0.1) is 0 Å². The molecule has 0 saturated carbocycles. The Hall–Kier alpha value is 0.163. The third-order valence-electron chi connectivity index (χ3n) is 0.496. The van der Waals surface area contributed by atoms with Crippen LogP contribution in [-0.4, -0.2) is 31.2 Å². The van der Waals surface area contributed by atoms with Gasteiger partial charge in [0.1, 0.15) is 0 Å². The van der Waals surface area contributed by atoms with Gasteiger partial charge in [0.2, 0.25) is 0 Å². The molecule has 1 aromatic rings. The monoisotopic (exact) mass is 279 g/mol. The molecule has 0 atom stereocenters. The van der Waals surface area contributed by atoms with Crippen molar-refractivity contribution in [1.82, 2.24) is 4.98 Å². The van der Waals surface area contributed by atoms with Crippen LogP contribution in [-0.2, 0) is 0 Å². The van der Waals surface area contributed by atoms with E-state index in [0.29, 0.717) is 0 Å². The van der Waals surface area contributed by atoms with Crippen LogP contribution in [0.2, 0.25) is 0 Å². The quantitative estimate of drug-likeness (QED) is 0.635. The number of aromatic nitrogens is 1. The third-order valence-corrected chi connectivity index (χ3v) is 0.496. The molecular formula is C4H8BiN. The Morgan fingerprint density at radius 3 is 1.67 bits per heavy atom. The van der Waals surface area contributed by atoms with E-state index in [1.807, 2.05) is 24.5 Å². The van der Waals surface area contributed by atoms with Gasteiger partial charge in [0.25, 0.3) is 0 Å². The van der Waals surface area contributed by atoms with Gasteiger partial charge in [-0.05, 0) is 12.1 Å². The van der Waals surface area contributed by atoms with E-state index in [4.69, 9.17) is 0 Å². The molecule has 1 nitrogen and oxygen atoms in total. The molecule has 0 amide bonds. The molecule has 0 aliphatic carbocycles. The molecule has 0 spiro atoms. The van der Waals surface area contributed by atoms with Gasteiger partial charge >= 0.3 is 26.2 Å². The molecule has 1 N–H and O–H groups in total. The first-order valence-corrected chi connectivity index (χ1v) is 1.58. The summed E-state index contributed by atoms with van der Waals surface area (Å²) in [5.74, 6) is 0. The van der Waals surface area contributed by atoms with Crippen LogP contribution in [0, 0.1) is 0 Å². The summed E-state index contributed by atoms with van der Waals surface area (Å²) in [5.41, 5.74) is 0. The molecule has 0 saturated heterocycles. The third kappa shape index (κ3) is 1.56. The Morgan fingerprint density at radius 1 is 1.00 bits per heavy atom. The summed E-state index contributed by atoms with van der Waals surface area (Å²) in [6.45, 7) is 0. The fraction of sp³-hybridized carbons (Fsp3) is 0. The minimum atomic E-state index is 0. The molecule has 6 heavy (non-hydrogen) atoms. The van der Waals surface area contributed by atoms with E-state index in [1.165, 1.54) is 0 Å². The maximum Gasteiger partial charge on any atom is 0.000496 e. The Labute approximate surface area is 55.9 Å². The summed E-state index contributed by atoms with van der Waals surface area (Å²) in [6, 6.07) is 3.89.